The van der Waals surface area contributed by atoms with Gasteiger partial charge in [-0.25, -0.2) is 0 Å². The molecule has 2 rings (SSSR count). The molecule has 0 saturated carbocycles. The summed E-state index contributed by atoms with van der Waals surface area (Å²) in [6.07, 6.45) is 1.13. The van der Waals surface area contributed by atoms with E-state index in [2.05, 4.69) is 21.2 Å². The summed E-state index contributed by atoms with van der Waals surface area (Å²) in [6, 6.07) is 5.39. The summed E-state index contributed by atoms with van der Waals surface area (Å²) in [5, 5.41) is 2.85. The molecule has 5 nitrogen and oxygen atoms in total. The number of piperazine rings is 1. The number of rotatable bonds is 4. The number of nitrogens with zero attached hydrogens (tertiary/aromatic N) is 1. The molecule has 0 radical (unpaired) electrons. The van der Waals surface area contributed by atoms with Gasteiger partial charge in [0.1, 0.15) is 17.8 Å². The fourth-order valence-corrected chi connectivity index (χ4v) is 3.05. The zero-order valence-corrected chi connectivity index (χ0v) is 14.0. The molecule has 1 N–H and O–H groups in total. The van der Waals surface area contributed by atoms with Gasteiger partial charge >= 0.3 is 0 Å². The van der Waals surface area contributed by atoms with Crippen molar-refractivity contribution in [1.82, 2.24) is 5.32 Å². The predicted octanol–water partition coefficient (Wildman–Crippen LogP) is 2.48. The van der Waals surface area contributed by atoms with E-state index < -0.39 is 5.54 Å². The Bertz CT molecular complexity index is 570. The van der Waals surface area contributed by atoms with E-state index in [4.69, 9.17) is 4.74 Å². The van der Waals surface area contributed by atoms with Gasteiger partial charge in [-0.05, 0) is 25.0 Å². The largest absolute Gasteiger partial charge is 0.497 e. The van der Waals surface area contributed by atoms with Crippen molar-refractivity contribution >= 4 is 33.4 Å². The van der Waals surface area contributed by atoms with Gasteiger partial charge in [0.15, 0.2) is 0 Å². The highest BCUT2D eigenvalue weighted by Crippen LogP contribution is 2.31. The number of carbonyl (C=O) groups excluding carboxylic acids is 2. The maximum Gasteiger partial charge on any atom is 0.253 e. The molecule has 1 heterocycles. The number of methoxy groups -OCH3 is 1. The molecule has 0 spiro atoms. The van der Waals surface area contributed by atoms with Crippen LogP contribution in [0, 0.1) is 0 Å². The number of halogens is 1. The first kappa shape index (κ1) is 15.8. The molecule has 1 fully saturated rings. The van der Waals surface area contributed by atoms with Crippen LogP contribution in [-0.2, 0) is 9.59 Å². The van der Waals surface area contributed by atoms with Crippen molar-refractivity contribution in [3.63, 3.8) is 0 Å². The highest BCUT2D eigenvalue weighted by Gasteiger charge is 2.44. The Morgan fingerprint density at radius 1 is 1.29 bits per heavy atom. The third kappa shape index (κ3) is 2.90. The predicted molar refractivity (Wildman–Crippen MR) is 84.5 cm³/mol. The lowest BCUT2D eigenvalue weighted by Crippen LogP contribution is -2.66. The van der Waals surface area contributed by atoms with Gasteiger partial charge in [-0.3, -0.25) is 9.59 Å². The molecule has 0 aliphatic carbocycles. The van der Waals surface area contributed by atoms with Gasteiger partial charge in [-0.2, -0.15) is 0 Å². The van der Waals surface area contributed by atoms with Crippen LogP contribution in [0.15, 0.2) is 22.7 Å². The molecule has 0 bridgehead atoms. The Balaban J connectivity index is 2.45. The fourth-order valence-electron chi connectivity index (χ4n) is 2.59. The number of amides is 2. The van der Waals surface area contributed by atoms with E-state index in [9.17, 15) is 9.59 Å². The molecule has 1 aromatic rings. The summed E-state index contributed by atoms with van der Waals surface area (Å²) < 4.78 is 6.02. The normalized spacial score (nSPS) is 17.6. The first-order valence-corrected chi connectivity index (χ1v) is 7.72. The average Bonchev–Trinajstić information content (AvgIpc) is 2.48. The maximum atomic E-state index is 12.8. The van der Waals surface area contributed by atoms with E-state index in [-0.39, 0.29) is 18.4 Å². The van der Waals surface area contributed by atoms with Crippen LogP contribution in [0.1, 0.15) is 26.7 Å². The first-order valence-electron chi connectivity index (χ1n) is 6.93. The van der Waals surface area contributed by atoms with Crippen LogP contribution >= 0.6 is 15.9 Å². The minimum Gasteiger partial charge on any atom is -0.497 e. The Hall–Kier alpha value is -1.56. The second kappa shape index (κ2) is 6.05. The summed E-state index contributed by atoms with van der Waals surface area (Å²) in [5.41, 5.74) is -0.155. The molecule has 0 atom stereocenters. The van der Waals surface area contributed by atoms with Crippen LogP contribution in [-0.4, -0.2) is 31.0 Å². The van der Waals surface area contributed by atoms with Gasteiger partial charge in [0.25, 0.3) is 5.91 Å². The second-order valence-corrected chi connectivity index (χ2v) is 5.99. The van der Waals surface area contributed by atoms with E-state index in [1.165, 1.54) is 4.90 Å². The number of ether oxygens (including phenoxy) is 1. The lowest BCUT2D eigenvalue weighted by Gasteiger charge is -2.41. The number of benzene rings is 1. The number of hydrogen-bond acceptors (Lipinski definition) is 3. The zero-order chi connectivity index (χ0) is 15.6. The summed E-state index contributed by atoms with van der Waals surface area (Å²) in [6.45, 7) is 3.85. The van der Waals surface area contributed by atoms with E-state index in [1.54, 1.807) is 13.2 Å². The van der Waals surface area contributed by atoms with Gasteiger partial charge < -0.3 is 15.0 Å². The molecule has 1 aliphatic rings. The fraction of sp³-hybridized carbons (Fsp3) is 0.467. The Morgan fingerprint density at radius 2 is 1.95 bits per heavy atom. The molecule has 114 valence electrons. The van der Waals surface area contributed by atoms with Gasteiger partial charge in [0.2, 0.25) is 5.91 Å². The molecule has 6 heteroatoms. The minimum atomic E-state index is -0.815. The zero-order valence-electron chi connectivity index (χ0n) is 12.4. The maximum absolute atomic E-state index is 12.8. The average molecular weight is 355 g/mol. The lowest BCUT2D eigenvalue weighted by molar-refractivity contribution is -0.136. The minimum absolute atomic E-state index is 0.0280. The van der Waals surface area contributed by atoms with Crippen LogP contribution in [0.3, 0.4) is 0 Å². The van der Waals surface area contributed by atoms with Gasteiger partial charge in [0, 0.05) is 16.2 Å². The molecule has 0 unspecified atom stereocenters. The highest BCUT2D eigenvalue weighted by atomic mass is 79.9. The van der Waals surface area contributed by atoms with Crippen molar-refractivity contribution in [3.05, 3.63) is 22.7 Å². The molecule has 21 heavy (non-hydrogen) atoms. The van der Waals surface area contributed by atoms with Crippen LogP contribution in [0.4, 0.5) is 5.69 Å². The monoisotopic (exact) mass is 354 g/mol. The Morgan fingerprint density at radius 3 is 2.52 bits per heavy atom. The molecule has 1 aromatic carbocycles. The van der Waals surface area contributed by atoms with E-state index in [0.29, 0.717) is 24.3 Å². The van der Waals surface area contributed by atoms with E-state index in [0.717, 1.165) is 4.47 Å². The number of anilines is 1. The number of carbonyl (C=O) groups is 2. The summed E-state index contributed by atoms with van der Waals surface area (Å²) in [7, 11) is 1.57. The van der Waals surface area contributed by atoms with Gasteiger partial charge in [0.05, 0.1) is 7.11 Å². The van der Waals surface area contributed by atoms with Crippen LogP contribution < -0.4 is 15.0 Å². The second-order valence-electron chi connectivity index (χ2n) is 5.08. The van der Waals surface area contributed by atoms with Crippen molar-refractivity contribution in [1.29, 1.82) is 0 Å². The first-order chi connectivity index (χ1) is 9.95. The van der Waals surface area contributed by atoms with Crippen molar-refractivity contribution in [2.75, 3.05) is 18.6 Å². The molecular weight excluding hydrogens is 336 g/mol. The third-order valence-corrected chi connectivity index (χ3v) is 4.40. The number of nitrogens with one attached hydrogen (secondary N) is 1. The quantitative estimate of drug-likeness (QED) is 0.903. The lowest BCUT2D eigenvalue weighted by atomic mass is 9.88. The molecule has 1 aliphatic heterocycles. The molecule has 0 aromatic heterocycles. The summed E-state index contributed by atoms with van der Waals surface area (Å²) >= 11 is 3.40. The van der Waals surface area contributed by atoms with E-state index >= 15 is 0 Å². The van der Waals surface area contributed by atoms with Crippen molar-refractivity contribution < 1.29 is 14.3 Å². The van der Waals surface area contributed by atoms with Gasteiger partial charge in [-0.1, -0.05) is 29.8 Å². The standard InChI is InChI=1S/C15H19BrN2O3/c1-4-15(5-2)14(20)18(9-13(19)17-15)11-6-10(16)7-12(8-11)21-3/h6-8H,4-5,9H2,1-3H3,(H,17,19). The highest BCUT2D eigenvalue weighted by molar-refractivity contribution is 9.10. The van der Waals surface area contributed by atoms with Gasteiger partial charge in [-0.15, -0.1) is 0 Å². The molecule has 1 saturated heterocycles. The third-order valence-electron chi connectivity index (χ3n) is 3.95. The SMILES string of the molecule is CCC1(CC)NC(=O)CN(c2cc(Br)cc(OC)c2)C1=O. The molecule has 2 amide bonds. The van der Waals surface area contributed by atoms with Crippen molar-refractivity contribution in [2.45, 2.75) is 32.2 Å². The van der Waals surface area contributed by atoms with E-state index in [1.807, 2.05) is 26.0 Å². The van der Waals surface area contributed by atoms with Crippen LogP contribution in [0.25, 0.3) is 0 Å². The smallest absolute Gasteiger partial charge is 0.253 e. The van der Waals surface area contributed by atoms with Crippen molar-refractivity contribution in [2.24, 2.45) is 0 Å². The summed E-state index contributed by atoms with van der Waals surface area (Å²) in [5.74, 6) is 0.418. The topological polar surface area (TPSA) is 58.6 Å². The number of hydrogen-bond donors (Lipinski definition) is 1. The Labute approximate surface area is 132 Å². The molecular formula is C15H19BrN2O3. The van der Waals surface area contributed by atoms with Crippen LogP contribution in [0.5, 0.6) is 5.75 Å². The van der Waals surface area contributed by atoms with Crippen molar-refractivity contribution in [3.8, 4) is 5.75 Å². The van der Waals surface area contributed by atoms with Crippen LogP contribution in [0.2, 0.25) is 0 Å². The Kier molecular flexibility index (Phi) is 4.56. The summed E-state index contributed by atoms with van der Waals surface area (Å²) in [4.78, 5) is 26.4.